The lowest BCUT2D eigenvalue weighted by Gasteiger charge is -2.27. The van der Waals surface area contributed by atoms with Crippen molar-refractivity contribution in [3.63, 3.8) is 0 Å². The molecule has 0 aliphatic rings. The molecule has 1 unspecified atom stereocenters. The number of rotatable bonds is 4. The first-order chi connectivity index (χ1) is 11.1. The molecule has 2 aromatic rings. The molecule has 0 saturated heterocycles. The van der Waals surface area contributed by atoms with Gasteiger partial charge in [-0.2, -0.15) is 13.2 Å². The number of nitrogens with zero attached hydrogens (tertiary/aromatic N) is 1. The van der Waals surface area contributed by atoms with Gasteiger partial charge in [-0.3, -0.25) is 10.1 Å². The molecule has 1 atom stereocenters. The molecule has 2 rings (SSSR count). The van der Waals surface area contributed by atoms with E-state index >= 15 is 0 Å². The topological polar surface area (TPSA) is 63.4 Å². The van der Waals surface area contributed by atoms with E-state index in [1.165, 1.54) is 12.1 Å². The van der Waals surface area contributed by atoms with Crippen LogP contribution in [-0.4, -0.2) is 16.2 Å². The van der Waals surface area contributed by atoms with Gasteiger partial charge >= 0.3 is 6.18 Å². The van der Waals surface area contributed by atoms with Gasteiger partial charge in [0.25, 0.3) is 5.69 Å². The summed E-state index contributed by atoms with van der Waals surface area (Å²) in [4.78, 5) is 9.81. The standard InChI is InChI=1S/C16H11F4NO3/c17-13-5-1-11(2-6-13)9-10-15(22,16(18,19)20)12-3-7-14(8-4-12)21(23)24/h1-10,22H. The molecule has 24 heavy (non-hydrogen) atoms. The number of nitro groups is 1. The molecule has 1 N–H and O–H groups in total. The summed E-state index contributed by atoms with van der Waals surface area (Å²) in [6.45, 7) is 0. The van der Waals surface area contributed by atoms with Crippen LogP contribution in [0.5, 0.6) is 0 Å². The zero-order valence-corrected chi connectivity index (χ0v) is 12.0. The van der Waals surface area contributed by atoms with Gasteiger partial charge in [-0.15, -0.1) is 0 Å². The SMILES string of the molecule is O=[N+]([O-])c1ccc(C(O)(C=Cc2ccc(F)cc2)C(F)(F)F)cc1. The van der Waals surface area contributed by atoms with Crippen molar-refractivity contribution < 1.29 is 27.6 Å². The molecule has 0 fully saturated rings. The summed E-state index contributed by atoms with van der Waals surface area (Å²) in [6, 6.07) is 8.05. The predicted molar refractivity (Wildman–Crippen MR) is 78.5 cm³/mol. The third kappa shape index (κ3) is 3.60. The van der Waals surface area contributed by atoms with E-state index in [-0.39, 0.29) is 5.56 Å². The Hall–Kier alpha value is -2.74. The van der Waals surface area contributed by atoms with Crippen LogP contribution in [0.2, 0.25) is 0 Å². The number of nitro benzene ring substituents is 1. The molecule has 0 saturated carbocycles. The fourth-order valence-corrected chi connectivity index (χ4v) is 1.98. The predicted octanol–water partition coefficient (Wildman–Crippen LogP) is 4.20. The van der Waals surface area contributed by atoms with Gasteiger partial charge in [-0.05, 0) is 41.5 Å². The van der Waals surface area contributed by atoms with Gasteiger partial charge in [0, 0.05) is 12.1 Å². The number of aliphatic hydroxyl groups is 1. The first-order valence-corrected chi connectivity index (χ1v) is 6.62. The van der Waals surface area contributed by atoms with Gasteiger partial charge in [-0.25, -0.2) is 4.39 Å². The Morgan fingerprint density at radius 1 is 1.00 bits per heavy atom. The van der Waals surface area contributed by atoms with E-state index in [0.717, 1.165) is 42.5 Å². The van der Waals surface area contributed by atoms with Crippen LogP contribution in [0, 0.1) is 15.9 Å². The molecule has 8 heteroatoms. The van der Waals surface area contributed by atoms with Crippen molar-refractivity contribution in [2.75, 3.05) is 0 Å². The molecule has 4 nitrogen and oxygen atoms in total. The maximum atomic E-state index is 13.3. The van der Waals surface area contributed by atoms with Gasteiger partial charge in [0.05, 0.1) is 4.92 Å². The van der Waals surface area contributed by atoms with Crippen LogP contribution in [0.15, 0.2) is 54.6 Å². The van der Waals surface area contributed by atoms with E-state index in [2.05, 4.69) is 0 Å². The Kier molecular flexibility index (Phi) is 4.70. The molecule has 0 aromatic heterocycles. The summed E-state index contributed by atoms with van der Waals surface area (Å²) < 4.78 is 52.8. The highest BCUT2D eigenvalue weighted by molar-refractivity contribution is 5.52. The van der Waals surface area contributed by atoms with Gasteiger partial charge in [0.1, 0.15) is 5.82 Å². The molecule has 0 spiro atoms. The van der Waals surface area contributed by atoms with E-state index in [1.807, 2.05) is 0 Å². The van der Waals surface area contributed by atoms with Crippen molar-refractivity contribution in [1.29, 1.82) is 0 Å². The first kappa shape index (κ1) is 17.6. The second kappa shape index (κ2) is 6.40. The minimum absolute atomic E-state index is 0.251. The lowest BCUT2D eigenvalue weighted by atomic mass is 9.91. The fourth-order valence-electron chi connectivity index (χ4n) is 1.98. The number of benzene rings is 2. The van der Waals surface area contributed by atoms with E-state index in [4.69, 9.17) is 0 Å². The van der Waals surface area contributed by atoms with Gasteiger partial charge in [-0.1, -0.05) is 18.2 Å². The molecule has 126 valence electrons. The lowest BCUT2D eigenvalue weighted by Crippen LogP contribution is -2.40. The third-order valence-electron chi connectivity index (χ3n) is 3.34. The molecular weight excluding hydrogens is 330 g/mol. The molecule has 0 amide bonds. The largest absolute Gasteiger partial charge is 0.425 e. The number of non-ortho nitro benzene ring substituents is 1. The summed E-state index contributed by atoms with van der Waals surface area (Å²) in [5, 5.41) is 20.7. The lowest BCUT2D eigenvalue weighted by molar-refractivity contribution is -0.384. The second-order valence-corrected chi connectivity index (χ2v) is 4.95. The highest BCUT2D eigenvalue weighted by Crippen LogP contribution is 2.41. The van der Waals surface area contributed by atoms with Crippen molar-refractivity contribution >= 4 is 11.8 Å². The van der Waals surface area contributed by atoms with Crippen molar-refractivity contribution in [2.45, 2.75) is 11.8 Å². The molecule has 0 aliphatic heterocycles. The Balaban J connectivity index is 2.42. The van der Waals surface area contributed by atoms with Crippen LogP contribution in [0.3, 0.4) is 0 Å². The minimum atomic E-state index is -5.06. The summed E-state index contributed by atoms with van der Waals surface area (Å²) in [5.41, 5.74) is -4.05. The highest BCUT2D eigenvalue weighted by Gasteiger charge is 2.53. The van der Waals surface area contributed by atoms with Gasteiger partial charge in [0.2, 0.25) is 5.60 Å². The van der Waals surface area contributed by atoms with Crippen LogP contribution in [0.1, 0.15) is 11.1 Å². The Bertz CT molecular complexity index is 754. The normalized spacial score (nSPS) is 14.5. The van der Waals surface area contributed by atoms with Crippen LogP contribution < -0.4 is 0 Å². The molecule has 0 bridgehead atoms. The highest BCUT2D eigenvalue weighted by atomic mass is 19.4. The van der Waals surface area contributed by atoms with Crippen molar-refractivity contribution in [2.24, 2.45) is 0 Å². The third-order valence-corrected chi connectivity index (χ3v) is 3.34. The molecule has 0 heterocycles. The van der Waals surface area contributed by atoms with E-state index in [9.17, 15) is 32.8 Å². The monoisotopic (exact) mass is 341 g/mol. The Morgan fingerprint density at radius 3 is 2.00 bits per heavy atom. The average Bonchev–Trinajstić information content (AvgIpc) is 2.53. The minimum Gasteiger partial charge on any atom is -0.373 e. The van der Waals surface area contributed by atoms with Gasteiger partial charge < -0.3 is 5.11 Å². The number of halogens is 4. The van der Waals surface area contributed by atoms with Crippen molar-refractivity contribution in [3.05, 3.63) is 81.7 Å². The fraction of sp³-hybridized carbons (Fsp3) is 0.125. The van der Waals surface area contributed by atoms with E-state index in [0.29, 0.717) is 6.08 Å². The second-order valence-electron chi connectivity index (χ2n) is 4.95. The summed E-state index contributed by atoms with van der Waals surface area (Å²) in [6.07, 6.45) is -3.55. The Morgan fingerprint density at radius 2 is 1.54 bits per heavy atom. The zero-order chi connectivity index (χ0) is 18.0. The zero-order valence-electron chi connectivity index (χ0n) is 12.0. The average molecular weight is 341 g/mol. The first-order valence-electron chi connectivity index (χ1n) is 6.62. The van der Waals surface area contributed by atoms with E-state index < -0.39 is 33.8 Å². The number of alkyl halides is 3. The summed E-state index contributed by atoms with van der Waals surface area (Å²) in [5.74, 6) is -0.548. The summed E-state index contributed by atoms with van der Waals surface area (Å²) >= 11 is 0. The molecule has 2 aromatic carbocycles. The van der Waals surface area contributed by atoms with Crippen LogP contribution in [-0.2, 0) is 5.60 Å². The van der Waals surface area contributed by atoms with Crippen LogP contribution in [0.25, 0.3) is 6.08 Å². The maximum absolute atomic E-state index is 13.3. The quantitative estimate of drug-likeness (QED) is 0.515. The van der Waals surface area contributed by atoms with Crippen molar-refractivity contribution in [1.82, 2.24) is 0 Å². The number of hydrogen-bond donors (Lipinski definition) is 1. The molecule has 0 aliphatic carbocycles. The Labute approximate surface area is 133 Å². The smallest absolute Gasteiger partial charge is 0.373 e. The van der Waals surface area contributed by atoms with Gasteiger partial charge in [0.15, 0.2) is 0 Å². The molecular formula is C16H11F4NO3. The van der Waals surface area contributed by atoms with E-state index in [1.54, 1.807) is 0 Å². The maximum Gasteiger partial charge on any atom is 0.425 e. The van der Waals surface area contributed by atoms with Crippen LogP contribution in [0.4, 0.5) is 23.2 Å². The van der Waals surface area contributed by atoms with Crippen molar-refractivity contribution in [3.8, 4) is 0 Å². The van der Waals surface area contributed by atoms with Crippen LogP contribution >= 0.6 is 0 Å². The molecule has 0 radical (unpaired) electrons. The summed E-state index contributed by atoms with van der Waals surface area (Å²) in [7, 11) is 0. The number of hydrogen-bond acceptors (Lipinski definition) is 3.